The van der Waals surface area contributed by atoms with Crippen LogP contribution in [0, 0.1) is 0 Å². The van der Waals surface area contributed by atoms with Gasteiger partial charge in [0.25, 0.3) is 0 Å². The largest absolute Gasteiger partial charge is 0.497 e. The molecular weight excluding hydrogens is 443 g/mol. The Morgan fingerprint density at radius 3 is 2.31 bits per heavy atom. The van der Waals surface area contributed by atoms with E-state index in [4.69, 9.17) is 9.47 Å². The summed E-state index contributed by atoms with van der Waals surface area (Å²) in [5.41, 5.74) is 0.117. The Balaban J connectivity index is 0.00000625. The number of likely N-dealkylation sites (N-methyl/N-ethyl adjacent to an activating group) is 1. The van der Waals surface area contributed by atoms with Crippen molar-refractivity contribution in [2.24, 2.45) is 4.99 Å². The molecule has 0 atom stereocenters. The Kier molecular flexibility index (Phi) is 12.4. The van der Waals surface area contributed by atoms with Crippen molar-refractivity contribution < 1.29 is 9.47 Å². The second-order valence-electron chi connectivity index (χ2n) is 6.86. The fraction of sp³-hybridized carbons (Fsp3) is 0.632. The molecule has 0 spiro atoms. The number of rotatable bonds is 9. The van der Waals surface area contributed by atoms with Crippen LogP contribution in [0.3, 0.4) is 0 Å². The van der Waals surface area contributed by atoms with Crippen molar-refractivity contribution in [3.8, 4) is 11.5 Å². The minimum atomic E-state index is 0. The number of nitrogens with zero attached hydrogens (tertiary/aromatic N) is 2. The molecule has 0 radical (unpaired) electrons. The maximum Gasteiger partial charge on any atom is 0.193 e. The van der Waals surface area contributed by atoms with Crippen LogP contribution in [0.5, 0.6) is 11.5 Å². The summed E-state index contributed by atoms with van der Waals surface area (Å²) in [6.45, 7) is 12.3. The zero-order valence-electron chi connectivity index (χ0n) is 17.0. The third kappa shape index (κ3) is 10.7. The molecule has 6 nitrogen and oxygen atoms in total. The Morgan fingerprint density at radius 1 is 1.15 bits per heavy atom. The van der Waals surface area contributed by atoms with Gasteiger partial charge in [0.1, 0.15) is 18.1 Å². The molecule has 0 aliphatic carbocycles. The molecule has 26 heavy (non-hydrogen) atoms. The summed E-state index contributed by atoms with van der Waals surface area (Å²) in [6.07, 6.45) is 0. The van der Waals surface area contributed by atoms with Crippen LogP contribution in [0.15, 0.2) is 29.3 Å². The van der Waals surface area contributed by atoms with Crippen LogP contribution in [0.1, 0.15) is 27.7 Å². The maximum absolute atomic E-state index is 5.78. The molecule has 0 aromatic heterocycles. The standard InChI is InChI=1S/C19H34N4O2.HI/c1-7-20-18(21-12-13-22-19(2,3)4)23(5)14-15-25-17-10-8-16(24-6)9-11-17;/h8-11,22H,7,12-15H2,1-6H3,(H,20,21);1H. The van der Waals surface area contributed by atoms with Gasteiger partial charge in [-0.1, -0.05) is 0 Å². The van der Waals surface area contributed by atoms with Crippen molar-refractivity contribution in [1.29, 1.82) is 0 Å². The first-order valence-electron chi connectivity index (χ1n) is 8.87. The maximum atomic E-state index is 5.78. The highest BCUT2D eigenvalue weighted by Gasteiger charge is 2.08. The summed E-state index contributed by atoms with van der Waals surface area (Å²) in [5.74, 6) is 2.57. The van der Waals surface area contributed by atoms with E-state index in [0.29, 0.717) is 6.61 Å². The molecule has 1 aromatic rings. The van der Waals surface area contributed by atoms with E-state index < -0.39 is 0 Å². The quantitative estimate of drug-likeness (QED) is 0.248. The van der Waals surface area contributed by atoms with Crippen LogP contribution < -0.4 is 20.1 Å². The molecule has 0 saturated heterocycles. The van der Waals surface area contributed by atoms with Crippen LogP contribution in [-0.2, 0) is 0 Å². The van der Waals surface area contributed by atoms with Gasteiger partial charge in [0, 0.05) is 25.7 Å². The average molecular weight is 478 g/mol. The first-order valence-corrected chi connectivity index (χ1v) is 8.87. The molecule has 150 valence electrons. The van der Waals surface area contributed by atoms with Crippen LogP contribution in [-0.4, -0.2) is 63.3 Å². The van der Waals surface area contributed by atoms with Crippen LogP contribution in [0.25, 0.3) is 0 Å². The van der Waals surface area contributed by atoms with E-state index in [1.54, 1.807) is 7.11 Å². The minimum Gasteiger partial charge on any atom is -0.497 e. The molecule has 0 heterocycles. The van der Waals surface area contributed by atoms with Gasteiger partial charge in [-0.2, -0.15) is 0 Å². The molecule has 0 unspecified atom stereocenters. The summed E-state index contributed by atoms with van der Waals surface area (Å²) in [6, 6.07) is 7.62. The molecule has 0 aliphatic rings. The molecule has 0 bridgehead atoms. The van der Waals surface area contributed by atoms with Gasteiger partial charge < -0.3 is 25.0 Å². The molecule has 7 heteroatoms. The van der Waals surface area contributed by atoms with Crippen LogP contribution in [0.2, 0.25) is 0 Å². The van der Waals surface area contributed by atoms with Crippen LogP contribution >= 0.6 is 24.0 Å². The molecule has 0 saturated carbocycles. The second kappa shape index (κ2) is 13.0. The Labute approximate surface area is 175 Å². The molecule has 0 fully saturated rings. The summed E-state index contributed by atoms with van der Waals surface area (Å²) in [4.78, 5) is 6.75. The Hall–Kier alpha value is -1.22. The number of methoxy groups -OCH3 is 1. The molecule has 2 N–H and O–H groups in total. The molecule has 1 rings (SSSR count). The normalized spacial score (nSPS) is 11.5. The number of aliphatic imine (C=N–C) groups is 1. The zero-order chi connectivity index (χ0) is 18.7. The van der Waals surface area contributed by atoms with Crippen molar-refractivity contribution in [3.05, 3.63) is 24.3 Å². The van der Waals surface area contributed by atoms with Crippen molar-refractivity contribution >= 4 is 29.9 Å². The number of hydrogen-bond acceptors (Lipinski definition) is 4. The lowest BCUT2D eigenvalue weighted by Gasteiger charge is -2.23. The van der Waals surface area contributed by atoms with Crippen molar-refractivity contribution in [2.45, 2.75) is 33.2 Å². The lowest BCUT2D eigenvalue weighted by Crippen LogP contribution is -2.42. The summed E-state index contributed by atoms with van der Waals surface area (Å²) in [7, 11) is 3.68. The van der Waals surface area contributed by atoms with Crippen molar-refractivity contribution in [1.82, 2.24) is 15.5 Å². The predicted molar refractivity (Wildman–Crippen MR) is 120 cm³/mol. The van der Waals surface area contributed by atoms with Gasteiger partial charge in [-0.25, -0.2) is 0 Å². The van der Waals surface area contributed by atoms with Gasteiger partial charge in [-0.05, 0) is 52.0 Å². The van der Waals surface area contributed by atoms with E-state index in [0.717, 1.165) is 43.6 Å². The third-order valence-electron chi connectivity index (χ3n) is 3.48. The summed E-state index contributed by atoms with van der Waals surface area (Å²) < 4.78 is 10.9. The average Bonchev–Trinajstić information content (AvgIpc) is 2.57. The van der Waals surface area contributed by atoms with E-state index in [1.807, 2.05) is 31.3 Å². The minimum absolute atomic E-state index is 0. The number of halogens is 1. The topological polar surface area (TPSA) is 58.1 Å². The van der Waals surface area contributed by atoms with E-state index in [9.17, 15) is 0 Å². The smallest absolute Gasteiger partial charge is 0.193 e. The molecule has 0 amide bonds. The zero-order valence-corrected chi connectivity index (χ0v) is 19.3. The fourth-order valence-electron chi connectivity index (χ4n) is 2.14. The lowest BCUT2D eigenvalue weighted by atomic mass is 10.1. The molecule has 1 aromatic carbocycles. The van der Waals surface area contributed by atoms with Gasteiger partial charge >= 0.3 is 0 Å². The number of benzene rings is 1. The van der Waals surface area contributed by atoms with E-state index in [2.05, 4.69) is 48.2 Å². The van der Waals surface area contributed by atoms with Crippen LogP contribution in [0.4, 0.5) is 0 Å². The SMILES string of the molecule is CCNC(=NCCNC(C)(C)C)N(C)CCOc1ccc(OC)cc1.I. The third-order valence-corrected chi connectivity index (χ3v) is 3.48. The first-order chi connectivity index (χ1) is 11.9. The lowest BCUT2D eigenvalue weighted by molar-refractivity contribution is 0.281. The second-order valence-corrected chi connectivity index (χ2v) is 6.86. The number of ether oxygens (including phenoxy) is 2. The van der Waals surface area contributed by atoms with E-state index >= 15 is 0 Å². The van der Waals surface area contributed by atoms with Gasteiger partial charge in [0.15, 0.2) is 5.96 Å². The van der Waals surface area contributed by atoms with E-state index in [1.165, 1.54) is 0 Å². The molecular formula is C19H35IN4O2. The highest BCUT2D eigenvalue weighted by atomic mass is 127. The highest BCUT2D eigenvalue weighted by Crippen LogP contribution is 2.16. The van der Waals surface area contributed by atoms with Gasteiger partial charge in [0.05, 0.1) is 20.2 Å². The fourth-order valence-corrected chi connectivity index (χ4v) is 2.14. The van der Waals surface area contributed by atoms with E-state index in [-0.39, 0.29) is 29.5 Å². The van der Waals surface area contributed by atoms with Gasteiger partial charge in [-0.3, -0.25) is 4.99 Å². The Morgan fingerprint density at radius 2 is 1.77 bits per heavy atom. The molecule has 0 aliphatic heterocycles. The Bertz CT molecular complexity index is 515. The highest BCUT2D eigenvalue weighted by molar-refractivity contribution is 14.0. The predicted octanol–water partition coefficient (Wildman–Crippen LogP) is 2.98. The first kappa shape index (κ1) is 24.8. The van der Waals surface area contributed by atoms with Gasteiger partial charge in [-0.15, -0.1) is 24.0 Å². The van der Waals surface area contributed by atoms with Crippen molar-refractivity contribution in [3.63, 3.8) is 0 Å². The monoisotopic (exact) mass is 478 g/mol. The summed E-state index contributed by atoms with van der Waals surface area (Å²) >= 11 is 0. The van der Waals surface area contributed by atoms with Crippen molar-refractivity contribution in [2.75, 3.05) is 46.9 Å². The van der Waals surface area contributed by atoms with Gasteiger partial charge in [0.2, 0.25) is 0 Å². The number of hydrogen-bond donors (Lipinski definition) is 2. The summed E-state index contributed by atoms with van der Waals surface area (Å²) in [5, 5.41) is 6.76. The number of nitrogens with one attached hydrogen (secondary N) is 2. The number of guanidine groups is 1.